The van der Waals surface area contributed by atoms with Crippen LogP contribution in [0.1, 0.15) is 284 Å². The minimum atomic E-state index is -1.60. The van der Waals surface area contributed by atoms with Crippen LogP contribution in [0.25, 0.3) is 0 Å². The molecule has 65 heavy (non-hydrogen) atoms. The number of rotatable bonds is 49. The Balaban J connectivity index is 2.25. The molecule has 7 N–H and O–H groups in total. The van der Waals surface area contributed by atoms with E-state index in [1.165, 1.54) is 218 Å². The molecule has 388 valence electrons. The molecule has 1 aliphatic heterocycles. The SMILES string of the molecule is CCCCCCCCCCCCCCCCCCCCCCCCCC(=O)N[C@@H](CO[C@H]1O[C@H](CO)[C@H](O)[C@H](O)[C@H]1O)[C@H](O)[C@H](O)CCCCCCCCCCCCCCCCCCC. The van der Waals surface area contributed by atoms with Crippen LogP contribution >= 0.6 is 0 Å². The van der Waals surface area contributed by atoms with Gasteiger partial charge >= 0.3 is 0 Å². The molecule has 1 aliphatic rings. The molecular formula is C55H109NO9. The van der Waals surface area contributed by atoms with Gasteiger partial charge in [-0.15, -0.1) is 0 Å². The predicted octanol–water partition coefficient (Wildman–Crippen LogP) is 12.4. The molecule has 0 saturated carbocycles. The number of amides is 1. The topological polar surface area (TPSA) is 169 Å². The Morgan fingerprint density at radius 3 is 1.14 bits per heavy atom. The van der Waals surface area contributed by atoms with Gasteiger partial charge in [0.1, 0.15) is 30.5 Å². The van der Waals surface area contributed by atoms with Crippen LogP contribution in [0.5, 0.6) is 0 Å². The van der Waals surface area contributed by atoms with Gasteiger partial charge in [-0.3, -0.25) is 4.79 Å². The van der Waals surface area contributed by atoms with Crippen molar-refractivity contribution in [3.05, 3.63) is 0 Å². The van der Waals surface area contributed by atoms with E-state index in [-0.39, 0.29) is 18.9 Å². The smallest absolute Gasteiger partial charge is 0.220 e. The molecule has 0 unspecified atom stereocenters. The Morgan fingerprint density at radius 2 is 0.800 bits per heavy atom. The van der Waals surface area contributed by atoms with Gasteiger partial charge in [-0.1, -0.05) is 264 Å². The summed E-state index contributed by atoms with van der Waals surface area (Å²) in [7, 11) is 0. The van der Waals surface area contributed by atoms with Gasteiger partial charge in [-0.25, -0.2) is 0 Å². The normalized spacial score (nSPS) is 20.3. The lowest BCUT2D eigenvalue weighted by Crippen LogP contribution is -2.60. The molecule has 0 spiro atoms. The summed E-state index contributed by atoms with van der Waals surface area (Å²) < 4.78 is 11.2. The quantitative estimate of drug-likeness (QED) is 0.0294. The van der Waals surface area contributed by atoms with E-state index in [2.05, 4.69) is 19.2 Å². The highest BCUT2D eigenvalue weighted by atomic mass is 16.7. The molecule has 0 aromatic heterocycles. The van der Waals surface area contributed by atoms with Crippen molar-refractivity contribution in [2.45, 2.75) is 332 Å². The van der Waals surface area contributed by atoms with E-state index in [4.69, 9.17) is 9.47 Å². The summed E-state index contributed by atoms with van der Waals surface area (Å²) in [4.78, 5) is 13.1. The van der Waals surface area contributed by atoms with Crippen molar-refractivity contribution in [3.63, 3.8) is 0 Å². The Labute approximate surface area is 400 Å². The Bertz CT molecular complexity index is 1000. The maximum Gasteiger partial charge on any atom is 0.220 e. The fourth-order valence-corrected chi connectivity index (χ4v) is 9.50. The number of aliphatic hydroxyl groups excluding tert-OH is 6. The van der Waals surface area contributed by atoms with Gasteiger partial charge in [0, 0.05) is 6.42 Å². The molecule has 10 heteroatoms. The third-order valence-electron chi connectivity index (χ3n) is 14.1. The van der Waals surface area contributed by atoms with E-state index in [0.29, 0.717) is 6.42 Å². The average Bonchev–Trinajstić information content (AvgIpc) is 3.31. The maximum absolute atomic E-state index is 13.1. The molecule has 1 rings (SSSR count). The van der Waals surface area contributed by atoms with E-state index in [0.717, 1.165) is 38.5 Å². The van der Waals surface area contributed by atoms with Crippen molar-refractivity contribution < 1.29 is 44.9 Å². The molecule has 1 fully saturated rings. The number of unbranched alkanes of at least 4 members (excludes halogenated alkanes) is 38. The fourth-order valence-electron chi connectivity index (χ4n) is 9.50. The van der Waals surface area contributed by atoms with Gasteiger partial charge in [0.05, 0.1) is 25.4 Å². The standard InChI is InChI=1S/C55H109NO9/c1-3-5-7-9-11-13-15-17-19-21-22-23-24-25-26-28-30-32-34-36-38-40-42-44-50(59)56-47(46-64-55-54(63)53(62)52(61)49(45-57)65-55)51(60)48(58)43-41-39-37-35-33-31-29-27-20-18-16-14-12-10-8-6-4-2/h47-49,51-55,57-58,60-63H,3-46H2,1-2H3,(H,56,59)/t47-,48+,49+,51-,52-,53-,54+,55-/m0/s1. The molecule has 1 amide bonds. The average molecular weight is 928 g/mol. The maximum atomic E-state index is 13.1. The fraction of sp³-hybridized carbons (Fsp3) is 0.982. The van der Waals surface area contributed by atoms with Gasteiger partial charge in [-0.05, 0) is 12.8 Å². The van der Waals surface area contributed by atoms with Crippen molar-refractivity contribution in [1.29, 1.82) is 0 Å². The number of hydrogen-bond acceptors (Lipinski definition) is 9. The van der Waals surface area contributed by atoms with Crippen molar-refractivity contribution in [3.8, 4) is 0 Å². The molecule has 1 heterocycles. The molecule has 8 atom stereocenters. The first-order chi connectivity index (χ1) is 31.8. The largest absolute Gasteiger partial charge is 0.394 e. The molecule has 0 aromatic carbocycles. The van der Waals surface area contributed by atoms with Gasteiger partial charge in [0.25, 0.3) is 0 Å². The first-order valence-corrected chi connectivity index (χ1v) is 28.3. The van der Waals surface area contributed by atoms with Crippen molar-refractivity contribution in [2.24, 2.45) is 0 Å². The van der Waals surface area contributed by atoms with Gasteiger partial charge < -0.3 is 45.4 Å². The lowest BCUT2D eigenvalue weighted by atomic mass is 9.98. The molecule has 0 bridgehead atoms. The Morgan fingerprint density at radius 1 is 0.477 bits per heavy atom. The molecule has 0 aliphatic carbocycles. The summed E-state index contributed by atoms with van der Waals surface area (Å²) in [6, 6.07) is -0.986. The van der Waals surface area contributed by atoms with Crippen LogP contribution in [0.15, 0.2) is 0 Å². The monoisotopic (exact) mass is 928 g/mol. The molecule has 0 aromatic rings. The lowest BCUT2D eigenvalue weighted by molar-refractivity contribution is -0.303. The molecule has 0 radical (unpaired) electrons. The summed E-state index contributed by atoms with van der Waals surface area (Å²) in [6.07, 6.45) is 42.6. The summed E-state index contributed by atoms with van der Waals surface area (Å²) in [5.74, 6) is -0.250. The summed E-state index contributed by atoms with van der Waals surface area (Å²) in [5.41, 5.74) is 0. The van der Waals surface area contributed by atoms with E-state index in [9.17, 15) is 35.4 Å². The summed E-state index contributed by atoms with van der Waals surface area (Å²) in [6.45, 7) is 3.66. The number of nitrogens with one attached hydrogen (secondary N) is 1. The van der Waals surface area contributed by atoms with Gasteiger partial charge in [-0.2, -0.15) is 0 Å². The number of carbonyl (C=O) groups is 1. The number of hydrogen-bond donors (Lipinski definition) is 7. The minimum absolute atomic E-state index is 0.250. The Kier molecular flexibility index (Phi) is 43.6. The zero-order chi connectivity index (χ0) is 47.4. The van der Waals surface area contributed by atoms with Crippen LogP contribution in [0, 0.1) is 0 Å². The molecule has 1 saturated heterocycles. The van der Waals surface area contributed by atoms with Gasteiger partial charge in [0.2, 0.25) is 5.91 Å². The Hall–Kier alpha value is -0.850. The van der Waals surface area contributed by atoms with Crippen molar-refractivity contribution in [2.75, 3.05) is 13.2 Å². The van der Waals surface area contributed by atoms with Gasteiger partial charge in [0.15, 0.2) is 6.29 Å². The second-order valence-electron chi connectivity index (χ2n) is 20.2. The van der Waals surface area contributed by atoms with Crippen LogP contribution in [0.2, 0.25) is 0 Å². The molecular weight excluding hydrogens is 819 g/mol. The highest BCUT2D eigenvalue weighted by Crippen LogP contribution is 2.23. The second kappa shape index (κ2) is 45.6. The van der Waals surface area contributed by atoms with Crippen LogP contribution in [0.3, 0.4) is 0 Å². The number of carbonyl (C=O) groups excluding carboxylic acids is 1. The van der Waals surface area contributed by atoms with Crippen LogP contribution in [-0.2, 0) is 14.3 Å². The van der Waals surface area contributed by atoms with Crippen molar-refractivity contribution in [1.82, 2.24) is 5.32 Å². The highest BCUT2D eigenvalue weighted by molar-refractivity contribution is 5.76. The van der Waals surface area contributed by atoms with E-state index < -0.39 is 55.6 Å². The minimum Gasteiger partial charge on any atom is -0.394 e. The second-order valence-corrected chi connectivity index (χ2v) is 20.2. The first kappa shape index (κ1) is 62.2. The third-order valence-corrected chi connectivity index (χ3v) is 14.1. The first-order valence-electron chi connectivity index (χ1n) is 28.3. The van der Waals surface area contributed by atoms with Crippen LogP contribution < -0.4 is 5.32 Å². The van der Waals surface area contributed by atoms with E-state index >= 15 is 0 Å². The lowest BCUT2D eigenvalue weighted by Gasteiger charge is -2.40. The molecule has 10 nitrogen and oxygen atoms in total. The summed E-state index contributed by atoms with van der Waals surface area (Å²) >= 11 is 0. The zero-order valence-corrected chi connectivity index (χ0v) is 42.6. The predicted molar refractivity (Wildman–Crippen MR) is 269 cm³/mol. The third kappa shape index (κ3) is 35.0. The van der Waals surface area contributed by atoms with Crippen LogP contribution in [0.4, 0.5) is 0 Å². The number of aliphatic hydroxyl groups is 6. The highest BCUT2D eigenvalue weighted by Gasteiger charge is 2.44. The number of ether oxygens (including phenoxy) is 2. The van der Waals surface area contributed by atoms with Crippen molar-refractivity contribution >= 4 is 5.91 Å². The van der Waals surface area contributed by atoms with E-state index in [1.807, 2.05) is 0 Å². The zero-order valence-electron chi connectivity index (χ0n) is 42.6. The van der Waals surface area contributed by atoms with Crippen LogP contribution in [-0.4, -0.2) is 98.7 Å². The summed E-state index contributed by atoms with van der Waals surface area (Å²) in [5, 5.41) is 65.5. The van der Waals surface area contributed by atoms with E-state index in [1.54, 1.807) is 0 Å².